The first-order valence-corrected chi connectivity index (χ1v) is 7.49. The van der Waals surface area contributed by atoms with Crippen molar-refractivity contribution >= 4 is 38.6 Å². The Kier molecular flexibility index (Phi) is 3.29. The van der Waals surface area contributed by atoms with Gasteiger partial charge in [-0.25, -0.2) is 4.98 Å². The number of nitrogen functional groups attached to an aromatic ring is 1. The van der Waals surface area contributed by atoms with E-state index in [1.165, 1.54) is 11.3 Å². The van der Waals surface area contributed by atoms with Crippen molar-refractivity contribution in [1.29, 1.82) is 0 Å². The molecule has 0 radical (unpaired) electrons. The highest BCUT2D eigenvalue weighted by Gasteiger charge is 2.44. The first-order chi connectivity index (χ1) is 10.00. The molecule has 1 aliphatic rings. The molecule has 1 amide bonds. The smallest absolute Gasteiger partial charge is 0.311 e. The number of nitrogens with zero attached hydrogens (tertiary/aromatic N) is 1. The number of hydrogen-bond donors (Lipinski definition) is 3. The third kappa shape index (κ3) is 2.44. The number of nitrogens with one attached hydrogen (secondary N) is 1. The van der Waals surface area contributed by atoms with E-state index in [0.29, 0.717) is 23.5 Å². The number of hydrogen-bond acceptors (Lipinski definition) is 5. The molecule has 0 atom stereocenters. The highest BCUT2D eigenvalue weighted by molar-refractivity contribution is 7.22. The van der Waals surface area contributed by atoms with Gasteiger partial charge in [-0.15, -0.1) is 0 Å². The highest BCUT2D eigenvalue weighted by Crippen LogP contribution is 2.40. The Morgan fingerprint density at radius 3 is 2.81 bits per heavy atom. The van der Waals surface area contributed by atoms with Crippen molar-refractivity contribution in [3.05, 3.63) is 23.8 Å². The van der Waals surface area contributed by atoms with Gasteiger partial charge in [-0.05, 0) is 31.0 Å². The number of carbonyl (C=O) groups is 2. The largest absolute Gasteiger partial charge is 0.481 e. The maximum Gasteiger partial charge on any atom is 0.311 e. The molecule has 7 heteroatoms. The van der Waals surface area contributed by atoms with Crippen LogP contribution in [0.2, 0.25) is 0 Å². The zero-order valence-electron chi connectivity index (χ0n) is 11.3. The predicted octanol–water partition coefficient (Wildman–Crippen LogP) is 1.86. The van der Waals surface area contributed by atoms with Gasteiger partial charge >= 0.3 is 5.97 Å². The van der Waals surface area contributed by atoms with Crippen LogP contribution in [-0.2, 0) is 4.79 Å². The molecule has 0 aliphatic heterocycles. The first kappa shape index (κ1) is 13.8. The quantitative estimate of drug-likeness (QED) is 0.799. The summed E-state index contributed by atoms with van der Waals surface area (Å²) >= 11 is 1.32. The van der Waals surface area contributed by atoms with E-state index in [2.05, 4.69) is 10.3 Å². The van der Waals surface area contributed by atoms with Crippen LogP contribution in [0.4, 0.5) is 5.13 Å². The van der Waals surface area contributed by atoms with Gasteiger partial charge in [0.2, 0.25) is 0 Å². The fourth-order valence-electron chi connectivity index (χ4n) is 2.51. The lowest BCUT2D eigenvalue weighted by Crippen LogP contribution is -2.47. The van der Waals surface area contributed by atoms with E-state index in [4.69, 9.17) is 5.73 Å². The molecule has 2 aromatic rings. The summed E-state index contributed by atoms with van der Waals surface area (Å²) < 4.78 is 0.844. The van der Waals surface area contributed by atoms with E-state index >= 15 is 0 Å². The molecule has 3 rings (SSSR count). The number of nitrogens with two attached hydrogens (primary N) is 1. The summed E-state index contributed by atoms with van der Waals surface area (Å²) in [5, 5.41) is 12.4. The van der Waals surface area contributed by atoms with Crippen LogP contribution in [0.3, 0.4) is 0 Å². The van der Waals surface area contributed by atoms with Crippen molar-refractivity contribution in [2.75, 3.05) is 12.3 Å². The van der Waals surface area contributed by atoms with Gasteiger partial charge in [0.1, 0.15) is 0 Å². The van der Waals surface area contributed by atoms with Crippen LogP contribution in [0.15, 0.2) is 18.2 Å². The van der Waals surface area contributed by atoms with Crippen LogP contribution in [0, 0.1) is 5.41 Å². The number of thiazole rings is 1. The molecule has 1 aliphatic carbocycles. The van der Waals surface area contributed by atoms with Gasteiger partial charge in [0.05, 0.1) is 15.6 Å². The van der Waals surface area contributed by atoms with E-state index in [-0.39, 0.29) is 12.5 Å². The Labute approximate surface area is 125 Å². The maximum atomic E-state index is 12.2. The lowest BCUT2D eigenvalue weighted by atomic mass is 9.69. The third-order valence-electron chi connectivity index (χ3n) is 4.02. The van der Waals surface area contributed by atoms with Crippen molar-refractivity contribution in [2.24, 2.45) is 5.41 Å². The summed E-state index contributed by atoms with van der Waals surface area (Å²) in [7, 11) is 0. The standard InChI is InChI=1S/C14H15N3O3S/c15-13-17-9-3-2-8(6-10(9)21-13)11(18)16-7-14(12(19)20)4-1-5-14/h2-3,6H,1,4-5,7H2,(H2,15,17)(H,16,18)(H,19,20). The summed E-state index contributed by atoms with van der Waals surface area (Å²) in [6.45, 7) is 0.171. The molecule has 1 heterocycles. The minimum absolute atomic E-state index is 0.171. The number of rotatable bonds is 4. The molecule has 1 aromatic carbocycles. The van der Waals surface area contributed by atoms with Gasteiger partial charge in [-0.1, -0.05) is 17.8 Å². The second-order valence-electron chi connectivity index (χ2n) is 5.36. The molecule has 0 unspecified atom stereocenters. The summed E-state index contributed by atoms with van der Waals surface area (Å²) in [5.41, 5.74) is 6.10. The number of carbonyl (C=O) groups excluding carboxylic acids is 1. The van der Waals surface area contributed by atoms with Crippen LogP contribution in [0.25, 0.3) is 10.2 Å². The lowest BCUT2D eigenvalue weighted by molar-refractivity contribution is -0.153. The molecule has 6 nitrogen and oxygen atoms in total. The lowest BCUT2D eigenvalue weighted by Gasteiger charge is -2.37. The summed E-state index contributed by atoms with van der Waals surface area (Å²) in [5.74, 6) is -1.10. The molecule has 0 spiro atoms. The number of fused-ring (bicyclic) bond motifs is 1. The zero-order valence-corrected chi connectivity index (χ0v) is 12.1. The summed E-state index contributed by atoms with van der Waals surface area (Å²) in [6, 6.07) is 5.14. The van der Waals surface area contributed by atoms with Crippen molar-refractivity contribution < 1.29 is 14.7 Å². The number of carboxylic acid groups (broad SMARTS) is 1. The normalized spacial score (nSPS) is 16.4. The van der Waals surface area contributed by atoms with Crippen LogP contribution in [-0.4, -0.2) is 28.5 Å². The number of aromatic nitrogens is 1. The monoisotopic (exact) mass is 305 g/mol. The fourth-order valence-corrected chi connectivity index (χ4v) is 3.28. The maximum absolute atomic E-state index is 12.2. The van der Waals surface area contributed by atoms with Crippen LogP contribution in [0.1, 0.15) is 29.6 Å². The molecule has 4 N–H and O–H groups in total. The number of benzene rings is 1. The van der Waals surface area contributed by atoms with E-state index in [0.717, 1.165) is 16.6 Å². The average molecular weight is 305 g/mol. The van der Waals surface area contributed by atoms with Gasteiger partial charge in [0.25, 0.3) is 5.91 Å². The topological polar surface area (TPSA) is 105 Å². The number of anilines is 1. The second-order valence-corrected chi connectivity index (χ2v) is 6.42. The minimum Gasteiger partial charge on any atom is -0.481 e. The highest BCUT2D eigenvalue weighted by atomic mass is 32.1. The second kappa shape index (κ2) is 5.00. The number of amides is 1. The number of carboxylic acids is 1. The Balaban J connectivity index is 1.73. The molecule has 0 saturated heterocycles. The van der Waals surface area contributed by atoms with Crippen molar-refractivity contribution in [1.82, 2.24) is 10.3 Å². The van der Waals surface area contributed by atoms with Crippen molar-refractivity contribution in [3.8, 4) is 0 Å². The van der Waals surface area contributed by atoms with Gasteiger partial charge in [0, 0.05) is 12.1 Å². The van der Waals surface area contributed by atoms with Gasteiger partial charge < -0.3 is 16.2 Å². The Morgan fingerprint density at radius 1 is 1.43 bits per heavy atom. The first-order valence-electron chi connectivity index (χ1n) is 6.68. The van der Waals surface area contributed by atoms with Crippen molar-refractivity contribution in [2.45, 2.75) is 19.3 Å². The number of aliphatic carboxylic acids is 1. The third-order valence-corrected chi connectivity index (χ3v) is 4.87. The fraction of sp³-hybridized carbons (Fsp3) is 0.357. The average Bonchev–Trinajstić information content (AvgIpc) is 2.75. The molecular formula is C14H15N3O3S. The molecule has 1 aromatic heterocycles. The molecule has 0 bridgehead atoms. The van der Waals surface area contributed by atoms with Gasteiger partial charge in [-0.2, -0.15) is 0 Å². The summed E-state index contributed by atoms with van der Waals surface area (Å²) in [4.78, 5) is 27.5. The van der Waals surface area contributed by atoms with E-state index in [1.54, 1.807) is 18.2 Å². The molecule has 1 fully saturated rings. The molecule has 21 heavy (non-hydrogen) atoms. The Morgan fingerprint density at radius 2 is 2.19 bits per heavy atom. The van der Waals surface area contributed by atoms with E-state index < -0.39 is 11.4 Å². The van der Waals surface area contributed by atoms with Gasteiger partial charge in [0.15, 0.2) is 5.13 Å². The molecular weight excluding hydrogens is 290 g/mol. The van der Waals surface area contributed by atoms with E-state index in [9.17, 15) is 14.7 Å². The van der Waals surface area contributed by atoms with Crippen LogP contribution in [0.5, 0.6) is 0 Å². The zero-order chi connectivity index (χ0) is 15.0. The minimum atomic E-state index is -0.834. The SMILES string of the molecule is Nc1nc2ccc(C(=O)NCC3(C(=O)O)CCC3)cc2s1. The molecule has 1 saturated carbocycles. The van der Waals surface area contributed by atoms with E-state index in [1.807, 2.05) is 0 Å². The van der Waals surface area contributed by atoms with Gasteiger partial charge in [-0.3, -0.25) is 9.59 Å². The summed E-state index contributed by atoms with van der Waals surface area (Å²) in [6.07, 6.45) is 2.13. The Hall–Kier alpha value is -2.15. The van der Waals surface area contributed by atoms with Crippen molar-refractivity contribution in [3.63, 3.8) is 0 Å². The molecule has 110 valence electrons. The Bertz CT molecular complexity index is 721. The predicted molar refractivity (Wildman–Crippen MR) is 80.3 cm³/mol. The van der Waals surface area contributed by atoms with Crippen LogP contribution < -0.4 is 11.1 Å². The van der Waals surface area contributed by atoms with Crippen LogP contribution >= 0.6 is 11.3 Å².